The van der Waals surface area contributed by atoms with Gasteiger partial charge in [-0.25, -0.2) is 59.5 Å². The van der Waals surface area contributed by atoms with Gasteiger partial charge in [-0.05, 0) is 94.5 Å². The number of tetrazole rings is 2. The molecule has 0 aliphatic carbocycles. The molecule has 15 heterocycles. The van der Waals surface area contributed by atoms with E-state index < -0.39 is 0 Å². The number of hydrogen-bond donors (Lipinski definition) is 13. The van der Waals surface area contributed by atoms with E-state index in [1.165, 1.54) is 4.68 Å². The van der Waals surface area contributed by atoms with Crippen LogP contribution in [0, 0.1) is 56.7 Å². The standard InChI is InChI=1S/C16H10ClN7.2C15H9ClN8.C14H9ClN10.C13H7ClN10/c17-10-5-8(4-9-7-21-24-13(9)10)14-15(11-2-1-3-20-11)23-16(19)12(6-18)22-14;16-10-4-8(3-9-6-20-23-12(9)10)13-15(24-2-1-19-7-24)22-14(18)11(5-17)21-13;16-9-4-7(3-8-6-20-24-12(8)9)13-14(10-1-2-19-23-10)22-15(18)11(5-17)21-13;1-25-14(22-23-24-25)12-11(19-9(4-16)13(17)20-12)6-2-7-5-18-21-10(7)8(15)3-6;14-7-2-5(1-6-4-17-20-9(6)7)10-11(13-21-23-24-22-13)19-12(16)8(3-15)18-10/h1-5,7,20H,(H2,19,23)(H,21,24);1-4,6-7H,(H2,18,22)(H,20,23);1-4,6H,(H2,18,22)(H,19,23)(H,20,24);2-3,5H,1H3,(H2,17,20)(H,18,21);1-2,4H,(H2,16,19)(H,17,20)(H,21,22,23,24). The normalized spacial score (nSPS) is 10.9. The van der Waals surface area contributed by atoms with Gasteiger partial charge in [0.2, 0.25) is 11.6 Å². The third kappa shape index (κ3) is 15.3. The van der Waals surface area contributed by atoms with E-state index in [1.807, 2.05) is 72.8 Å². The first-order chi connectivity index (χ1) is 58.8. The number of nitrogens with one attached hydrogen (secondary N) is 8. The van der Waals surface area contributed by atoms with Crippen LogP contribution in [0.25, 0.3) is 162 Å². The number of fused-ring (bicyclic) bond motifs is 5. The molecule has 15 aromatic heterocycles. The highest BCUT2D eigenvalue weighted by Gasteiger charge is 2.26. The minimum Gasteiger partial charge on any atom is -0.381 e. The zero-order valence-corrected chi connectivity index (χ0v) is 64.8. The van der Waals surface area contributed by atoms with E-state index in [0.717, 1.165) is 54.7 Å². The number of nitrogen functional groups attached to an aromatic ring is 5. The zero-order chi connectivity index (χ0) is 84.3. The first-order valence-corrected chi connectivity index (χ1v) is 36.3. The number of nitrogens with two attached hydrogens (primary N) is 5. The lowest BCUT2D eigenvalue weighted by Crippen LogP contribution is -2.07. The molecule has 0 atom stereocenters. The second kappa shape index (κ2) is 32.8. The van der Waals surface area contributed by atoms with Gasteiger partial charge in [-0.15, -0.1) is 15.3 Å². The van der Waals surface area contributed by atoms with Crippen LogP contribution < -0.4 is 28.7 Å². The monoisotopic (exact) mass is 1700 g/mol. The predicted octanol–water partition coefficient (Wildman–Crippen LogP) is 10.6. The van der Waals surface area contributed by atoms with Crippen molar-refractivity contribution in [3.05, 3.63) is 195 Å². The number of nitriles is 5. The summed E-state index contributed by atoms with van der Waals surface area (Å²) in [6, 6.07) is 33.1. The van der Waals surface area contributed by atoms with E-state index in [0.29, 0.717) is 127 Å². The van der Waals surface area contributed by atoms with Crippen molar-refractivity contribution >= 4 is 142 Å². The molecule has 20 rings (SSSR count). The molecular formula is C73H44Cl5N43. The molecule has 0 saturated heterocycles. The SMILES string of the molecule is Cn1nnnc1-c1nc(N)c(C#N)nc1-c1cc(Cl)c2[nH]ncc2c1.N#Cc1nc(-c2cc(Cl)c3[nH]ncc3c2)c(-c2ccc[nH]2)nc1N.N#Cc1nc(-c2cc(Cl)c3[nH]ncc3c2)c(-c2ccn[nH]2)nc1N.N#Cc1nc(-c2cc(Cl)c3[nH]ncc3c2)c(-c2nn[nH]n2)nc1N.N#Cc1nc(-c2cc(Cl)c3[nH]ncc3c2)c(-n2ccnc2)nc1N. The highest BCUT2D eigenvalue weighted by Crippen LogP contribution is 2.40. The Bertz CT molecular complexity index is 6880. The van der Waals surface area contributed by atoms with Crippen molar-refractivity contribution in [3.63, 3.8) is 0 Å². The molecule has 0 radical (unpaired) electrons. The number of nitrogens with zero attached hydrogens (tertiary/aromatic N) is 30. The Morgan fingerprint density at radius 3 is 1.12 bits per heavy atom. The average molecular weight is 1700 g/mol. The Balaban J connectivity index is 0.000000112. The fourth-order valence-electron chi connectivity index (χ4n) is 12.2. The van der Waals surface area contributed by atoms with Crippen LogP contribution in [-0.4, -0.2) is 166 Å². The maximum Gasteiger partial charge on any atom is 0.225 e. The van der Waals surface area contributed by atoms with Gasteiger partial charge in [0.05, 0.1) is 106 Å². The van der Waals surface area contributed by atoms with Gasteiger partial charge in [-0.3, -0.25) is 35.2 Å². The van der Waals surface area contributed by atoms with E-state index in [2.05, 4.69) is 157 Å². The number of anilines is 5. The maximum absolute atomic E-state index is 9.24. The van der Waals surface area contributed by atoms with Gasteiger partial charge in [-0.2, -0.15) is 62.1 Å². The molecule has 0 amide bonds. The number of aromatic nitrogens is 33. The smallest absolute Gasteiger partial charge is 0.225 e. The van der Waals surface area contributed by atoms with Crippen LogP contribution >= 0.6 is 58.0 Å². The first-order valence-electron chi connectivity index (χ1n) is 34.4. The molecule has 0 spiro atoms. The van der Waals surface area contributed by atoms with Gasteiger partial charge < -0.3 is 33.7 Å². The van der Waals surface area contributed by atoms with Crippen molar-refractivity contribution in [2.45, 2.75) is 0 Å². The minimum absolute atomic E-state index is 0.000244. The molecule has 0 aliphatic heterocycles. The van der Waals surface area contributed by atoms with Crippen molar-refractivity contribution < 1.29 is 0 Å². The van der Waals surface area contributed by atoms with Gasteiger partial charge in [0.1, 0.15) is 76.5 Å². The van der Waals surface area contributed by atoms with Crippen molar-refractivity contribution in [2.24, 2.45) is 7.05 Å². The molecule has 48 heteroatoms. The van der Waals surface area contributed by atoms with Crippen molar-refractivity contribution in [3.8, 4) is 138 Å². The number of hydrogen-bond acceptors (Lipinski definition) is 33. The number of halogens is 5. The Kier molecular flexibility index (Phi) is 21.0. The molecule has 586 valence electrons. The maximum atomic E-state index is 9.24. The molecule has 18 N–H and O–H groups in total. The van der Waals surface area contributed by atoms with Crippen LogP contribution in [-0.2, 0) is 7.05 Å². The van der Waals surface area contributed by atoms with Crippen molar-refractivity contribution in [1.82, 2.24) is 166 Å². The molecule has 5 aromatic carbocycles. The quantitative estimate of drug-likeness (QED) is 0.0605. The fourth-order valence-corrected chi connectivity index (χ4v) is 13.6. The van der Waals surface area contributed by atoms with Crippen LogP contribution in [0.5, 0.6) is 0 Å². The summed E-state index contributed by atoms with van der Waals surface area (Å²) in [6.07, 6.45) is 16.6. The number of imidazole rings is 1. The van der Waals surface area contributed by atoms with E-state index in [4.69, 9.17) is 86.7 Å². The highest BCUT2D eigenvalue weighted by molar-refractivity contribution is 6.37. The van der Waals surface area contributed by atoms with Gasteiger partial charge >= 0.3 is 0 Å². The van der Waals surface area contributed by atoms with Gasteiger partial charge in [0.15, 0.2) is 63.4 Å². The van der Waals surface area contributed by atoms with Crippen molar-refractivity contribution in [1.29, 1.82) is 26.3 Å². The number of H-pyrrole nitrogens is 8. The van der Waals surface area contributed by atoms with Gasteiger partial charge in [0.25, 0.3) is 0 Å². The summed E-state index contributed by atoms with van der Waals surface area (Å²) in [5.74, 6) is 1.21. The van der Waals surface area contributed by atoms with Crippen molar-refractivity contribution in [2.75, 3.05) is 28.7 Å². The van der Waals surface area contributed by atoms with Crippen LogP contribution in [0.1, 0.15) is 28.5 Å². The number of benzene rings is 5. The summed E-state index contributed by atoms with van der Waals surface area (Å²) < 4.78 is 3.12. The third-order valence-corrected chi connectivity index (χ3v) is 19.2. The summed E-state index contributed by atoms with van der Waals surface area (Å²) in [7, 11) is 1.67. The second-order valence-corrected chi connectivity index (χ2v) is 27.2. The fraction of sp³-hybridized carbons (Fsp3) is 0.0137. The molecule has 121 heavy (non-hydrogen) atoms. The van der Waals surface area contributed by atoms with Crippen LogP contribution in [0.4, 0.5) is 29.1 Å². The minimum atomic E-state index is -0.0171. The van der Waals surface area contributed by atoms with E-state index in [-0.39, 0.29) is 63.4 Å². The molecule has 0 fully saturated rings. The lowest BCUT2D eigenvalue weighted by Gasteiger charge is -2.11. The number of rotatable bonds is 10. The zero-order valence-electron chi connectivity index (χ0n) is 61.0. The van der Waals surface area contributed by atoms with Crippen LogP contribution in [0.15, 0.2) is 141 Å². The Morgan fingerprint density at radius 2 is 0.769 bits per heavy atom. The number of aromatic amines is 8. The van der Waals surface area contributed by atoms with Gasteiger partial charge in [-0.1, -0.05) is 58.0 Å². The molecule has 0 saturated carbocycles. The second-order valence-electron chi connectivity index (χ2n) is 25.2. The average Bonchev–Trinajstić information content (AvgIpc) is 1.79. The molecular weight excluding hydrogens is 1660 g/mol. The molecule has 43 nitrogen and oxygen atoms in total. The summed E-state index contributed by atoms with van der Waals surface area (Å²) in [6.45, 7) is 0. The largest absolute Gasteiger partial charge is 0.381 e. The lowest BCUT2D eigenvalue weighted by molar-refractivity contribution is 0.713. The summed E-state index contributed by atoms with van der Waals surface area (Å²) in [4.78, 5) is 50.3. The van der Waals surface area contributed by atoms with E-state index in [1.54, 1.807) is 110 Å². The Hall–Kier alpha value is -17.4. The van der Waals surface area contributed by atoms with Crippen LogP contribution in [0.3, 0.4) is 0 Å². The molecule has 0 bridgehead atoms. The third-order valence-electron chi connectivity index (χ3n) is 17.7. The highest BCUT2D eigenvalue weighted by atomic mass is 35.5. The van der Waals surface area contributed by atoms with Gasteiger partial charge in [0, 0.05) is 86.6 Å². The van der Waals surface area contributed by atoms with E-state index in [9.17, 15) is 26.3 Å². The first kappa shape index (κ1) is 77.5. The topological polar surface area (TPSA) is 682 Å². The Morgan fingerprint density at radius 1 is 0.388 bits per heavy atom. The predicted molar refractivity (Wildman–Crippen MR) is 442 cm³/mol. The summed E-state index contributed by atoms with van der Waals surface area (Å²) in [5.41, 5.74) is 41.5. The summed E-state index contributed by atoms with van der Waals surface area (Å²) >= 11 is 31.5. The summed E-state index contributed by atoms with van der Waals surface area (Å²) in [5, 5.41) is 118. The van der Waals surface area contributed by atoms with E-state index >= 15 is 0 Å². The molecule has 0 unspecified atom stereocenters. The number of aryl methyl sites for hydroxylation is 1. The molecule has 20 aromatic rings. The molecule has 0 aliphatic rings. The Labute approximate surface area is 698 Å². The van der Waals surface area contributed by atoms with Crippen LogP contribution in [0.2, 0.25) is 25.1 Å². The lowest BCUT2D eigenvalue weighted by atomic mass is 10.1.